The van der Waals surface area contributed by atoms with E-state index >= 15 is 0 Å². The van der Waals surface area contributed by atoms with E-state index in [0.717, 1.165) is 18.7 Å². The summed E-state index contributed by atoms with van der Waals surface area (Å²) < 4.78 is 0. The minimum Gasteiger partial charge on any atom is -0.399 e. The van der Waals surface area contributed by atoms with E-state index in [1.807, 2.05) is 6.07 Å². The molecular weight excluding hydrogens is 208 g/mol. The lowest BCUT2D eigenvalue weighted by atomic mass is 10.1. The summed E-state index contributed by atoms with van der Waals surface area (Å²) in [7, 11) is 0. The second-order valence-electron chi connectivity index (χ2n) is 4.91. The molecule has 2 N–H and O–H groups in total. The van der Waals surface area contributed by atoms with Crippen molar-refractivity contribution in [3.05, 3.63) is 23.8 Å². The Kier molecular flexibility index (Phi) is 5.33. The molecule has 0 aliphatic carbocycles. The molecule has 1 aromatic carbocycles. The molecule has 0 saturated carbocycles. The third-order valence-corrected chi connectivity index (χ3v) is 3.29. The number of nitrogens with two attached hydrogens (primary N) is 1. The number of hydrogen-bond donors (Lipinski definition) is 1. The van der Waals surface area contributed by atoms with Crippen molar-refractivity contribution >= 4 is 11.4 Å². The molecule has 0 heterocycles. The second-order valence-corrected chi connectivity index (χ2v) is 4.91. The van der Waals surface area contributed by atoms with Crippen LogP contribution in [-0.4, -0.2) is 12.6 Å². The Bertz CT molecular complexity index is 327. The molecule has 1 rings (SSSR count). The van der Waals surface area contributed by atoms with Crippen LogP contribution in [0.2, 0.25) is 0 Å². The molecule has 17 heavy (non-hydrogen) atoms. The van der Waals surface area contributed by atoms with Crippen LogP contribution in [0.3, 0.4) is 0 Å². The summed E-state index contributed by atoms with van der Waals surface area (Å²) in [4.78, 5) is 2.48. The number of anilines is 2. The van der Waals surface area contributed by atoms with Gasteiger partial charge >= 0.3 is 0 Å². The van der Waals surface area contributed by atoms with Crippen LogP contribution in [0.15, 0.2) is 18.2 Å². The van der Waals surface area contributed by atoms with Crippen LogP contribution in [0.5, 0.6) is 0 Å². The summed E-state index contributed by atoms with van der Waals surface area (Å²) in [5, 5.41) is 0. The van der Waals surface area contributed by atoms with Crippen LogP contribution < -0.4 is 10.6 Å². The average molecular weight is 234 g/mol. The first-order valence-electron chi connectivity index (χ1n) is 6.72. The smallest absolute Gasteiger partial charge is 0.0391 e. The molecule has 0 spiro atoms. The SMILES string of the molecule is CCCCN(c1cc(C)cc(N)c1)C(C)CC. The van der Waals surface area contributed by atoms with E-state index in [4.69, 9.17) is 5.73 Å². The van der Waals surface area contributed by atoms with Crippen molar-refractivity contribution in [2.45, 2.75) is 53.0 Å². The van der Waals surface area contributed by atoms with Crippen LogP contribution in [-0.2, 0) is 0 Å². The molecule has 96 valence electrons. The quantitative estimate of drug-likeness (QED) is 0.754. The number of benzene rings is 1. The van der Waals surface area contributed by atoms with E-state index in [0.29, 0.717) is 6.04 Å². The van der Waals surface area contributed by atoms with Crippen molar-refractivity contribution in [1.29, 1.82) is 0 Å². The van der Waals surface area contributed by atoms with Gasteiger partial charge in [0.2, 0.25) is 0 Å². The molecule has 2 nitrogen and oxygen atoms in total. The van der Waals surface area contributed by atoms with Crippen molar-refractivity contribution in [2.75, 3.05) is 17.2 Å². The highest BCUT2D eigenvalue weighted by molar-refractivity contribution is 5.58. The van der Waals surface area contributed by atoms with E-state index in [1.54, 1.807) is 0 Å². The van der Waals surface area contributed by atoms with Gasteiger partial charge in [-0.05, 0) is 50.5 Å². The zero-order valence-electron chi connectivity index (χ0n) is 11.7. The Morgan fingerprint density at radius 1 is 1.24 bits per heavy atom. The fourth-order valence-corrected chi connectivity index (χ4v) is 2.11. The molecule has 0 aromatic heterocycles. The summed E-state index contributed by atoms with van der Waals surface area (Å²) in [5.74, 6) is 0. The van der Waals surface area contributed by atoms with Gasteiger partial charge in [-0.1, -0.05) is 20.3 Å². The van der Waals surface area contributed by atoms with Crippen molar-refractivity contribution < 1.29 is 0 Å². The van der Waals surface area contributed by atoms with Crippen molar-refractivity contribution in [1.82, 2.24) is 0 Å². The molecule has 1 unspecified atom stereocenters. The van der Waals surface area contributed by atoms with Crippen LogP contribution in [0.25, 0.3) is 0 Å². The maximum absolute atomic E-state index is 5.94. The summed E-state index contributed by atoms with van der Waals surface area (Å²) in [5.41, 5.74) is 9.32. The zero-order valence-corrected chi connectivity index (χ0v) is 11.7. The van der Waals surface area contributed by atoms with Gasteiger partial charge in [0.1, 0.15) is 0 Å². The highest BCUT2D eigenvalue weighted by Crippen LogP contribution is 2.23. The molecule has 0 saturated heterocycles. The van der Waals surface area contributed by atoms with E-state index in [9.17, 15) is 0 Å². The van der Waals surface area contributed by atoms with Crippen molar-refractivity contribution in [2.24, 2.45) is 0 Å². The number of nitrogen functional groups attached to an aromatic ring is 1. The average Bonchev–Trinajstić information content (AvgIpc) is 2.28. The van der Waals surface area contributed by atoms with Crippen LogP contribution >= 0.6 is 0 Å². The fraction of sp³-hybridized carbons (Fsp3) is 0.600. The van der Waals surface area contributed by atoms with Crippen LogP contribution in [0.4, 0.5) is 11.4 Å². The number of aryl methyl sites for hydroxylation is 1. The maximum atomic E-state index is 5.94. The van der Waals surface area contributed by atoms with Crippen LogP contribution in [0.1, 0.15) is 45.6 Å². The largest absolute Gasteiger partial charge is 0.399 e. The Hall–Kier alpha value is -1.18. The van der Waals surface area contributed by atoms with Gasteiger partial charge in [0.05, 0.1) is 0 Å². The number of rotatable bonds is 6. The molecule has 0 aliphatic heterocycles. The highest BCUT2D eigenvalue weighted by atomic mass is 15.2. The predicted octanol–water partition coefficient (Wildman–Crippen LogP) is 3.98. The maximum Gasteiger partial charge on any atom is 0.0391 e. The van der Waals surface area contributed by atoms with Gasteiger partial charge in [-0.2, -0.15) is 0 Å². The van der Waals surface area contributed by atoms with Crippen LogP contribution in [0, 0.1) is 6.92 Å². The predicted molar refractivity (Wildman–Crippen MR) is 77.6 cm³/mol. The molecule has 1 aromatic rings. The number of hydrogen-bond acceptors (Lipinski definition) is 2. The van der Waals surface area contributed by atoms with Gasteiger partial charge in [-0.3, -0.25) is 0 Å². The first-order valence-corrected chi connectivity index (χ1v) is 6.72. The molecule has 0 amide bonds. The standard InChI is InChI=1S/C15H26N2/c1-5-7-8-17(13(4)6-2)15-10-12(3)9-14(16)11-15/h9-11,13H,5-8,16H2,1-4H3. The minimum absolute atomic E-state index is 0.572. The summed E-state index contributed by atoms with van der Waals surface area (Å²) in [6.45, 7) is 9.99. The molecule has 0 fully saturated rings. The molecular formula is C15H26N2. The lowest BCUT2D eigenvalue weighted by Gasteiger charge is -2.31. The topological polar surface area (TPSA) is 29.3 Å². The van der Waals surface area contributed by atoms with Gasteiger partial charge in [-0.25, -0.2) is 0 Å². The summed E-state index contributed by atoms with van der Waals surface area (Å²) >= 11 is 0. The van der Waals surface area contributed by atoms with Gasteiger partial charge in [-0.15, -0.1) is 0 Å². The Morgan fingerprint density at radius 2 is 1.94 bits per heavy atom. The van der Waals surface area contributed by atoms with E-state index in [-0.39, 0.29) is 0 Å². The minimum atomic E-state index is 0.572. The number of nitrogens with zero attached hydrogens (tertiary/aromatic N) is 1. The third kappa shape index (κ3) is 3.95. The van der Waals surface area contributed by atoms with Gasteiger partial charge in [0, 0.05) is 24.0 Å². The molecule has 0 aliphatic rings. The molecule has 0 radical (unpaired) electrons. The molecule has 2 heteroatoms. The summed E-state index contributed by atoms with van der Waals surface area (Å²) in [6, 6.07) is 6.92. The highest BCUT2D eigenvalue weighted by Gasteiger charge is 2.13. The number of unbranched alkanes of at least 4 members (excludes halogenated alkanes) is 1. The molecule has 1 atom stereocenters. The normalized spacial score (nSPS) is 12.5. The third-order valence-electron chi connectivity index (χ3n) is 3.29. The molecule has 0 bridgehead atoms. The lowest BCUT2D eigenvalue weighted by molar-refractivity contribution is 0.596. The summed E-state index contributed by atoms with van der Waals surface area (Å²) in [6.07, 6.45) is 3.63. The lowest BCUT2D eigenvalue weighted by Crippen LogP contribution is -2.33. The Morgan fingerprint density at radius 3 is 2.47 bits per heavy atom. The van der Waals surface area contributed by atoms with Gasteiger partial charge in [0.25, 0.3) is 0 Å². The van der Waals surface area contributed by atoms with E-state index in [1.165, 1.54) is 24.1 Å². The van der Waals surface area contributed by atoms with E-state index in [2.05, 4.69) is 44.7 Å². The fourth-order valence-electron chi connectivity index (χ4n) is 2.11. The second kappa shape index (κ2) is 6.53. The Balaban J connectivity index is 2.94. The Labute approximate surface area is 106 Å². The van der Waals surface area contributed by atoms with Crippen molar-refractivity contribution in [3.8, 4) is 0 Å². The first-order chi connectivity index (χ1) is 8.08. The van der Waals surface area contributed by atoms with Crippen molar-refractivity contribution in [3.63, 3.8) is 0 Å². The van der Waals surface area contributed by atoms with E-state index < -0.39 is 0 Å². The zero-order chi connectivity index (χ0) is 12.8. The monoisotopic (exact) mass is 234 g/mol. The first kappa shape index (κ1) is 13.9. The van der Waals surface area contributed by atoms with Gasteiger partial charge in [0.15, 0.2) is 0 Å². The van der Waals surface area contributed by atoms with Gasteiger partial charge < -0.3 is 10.6 Å².